The molecule has 0 bridgehead atoms. The van der Waals surface area contributed by atoms with E-state index < -0.39 is 0 Å². The summed E-state index contributed by atoms with van der Waals surface area (Å²) in [6.07, 6.45) is 4.89. The van der Waals surface area contributed by atoms with Gasteiger partial charge in [-0.15, -0.1) is 0 Å². The van der Waals surface area contributed by atoms with Crippen molar-refractivity contribution in [1.82, 2.24) is 5.32 Å². The normalized spacial score (nSPS) is 20.4. The second kappa shape index (κ2) is 6.15. The molecule has 3 nitrogen and oxygen atoms in total. The number of aliphatic hydroxyl groups is 1. The maximum atomic E-state index is 9.26. The summed E-state index contributed by atoms with van der Waals surface area (Å²) in [6, 6.07) is 7.57. The van der Waals surface area contributed by atoms with Crippen LogP contribution in [0.5, 0.6) is 0 Å². The maximum absolute atomic E-state index is 9.26. The lowest BCUT2D eigenvalue weighted by Gasteiger charge is -2.34. The van der Waals surface area contributed by atoms with Crippen LogP contribution in [0.25, 0.3) is 0 Å². The molecule has 1 aromatic rings. The molecular weight excluding hydrogens is 248 g/mol. The number of aryl methyl sites for hydroxylation is 1. The van der Waals surface area contributed by atoms with Gasteiger partial charge in [-0.05, 0) is 50.2 Å². The van der Waals surface area contributed by atoms with Crippen molar-refractivity contribution in [1.29, 1.82) is 0 Å². The van der Waals surface area contributed by atoms with E-state index in [4.69, 9.17) is 0 Å². The fourth-order valence-electron chi connectivity index (χ4n) is 3.06. The molecule has 110 valence electrons. The molecule has 0 radical (unpaired) electrons. The molecule has 2 aliphatic rings. The van der Waals surface area contributed by atoms with Crippen molar-refractivity contribution in [3.8, 4) is 0 Å². The van der Waals surface area contributed by atoms with Crippen molar-refractivity contribution >= 4 is 5.69 Å². The highest BCUT2D eigenvalue weighted by atomic mass is 16.3. The third kappa shape index (κ3) is 3.33. The monoisotopic (exact) mass is 274 g/mol. The highest BCUT2D eigenvalue weighted by Gasteiger charge is 2.23. The molecule has 1 aromatic carbocycles. The molecule has 1 aliphatic carbocycles. The Morgan fingerprint density at radius 1 is 1.20 bits per heavy atom. The predicted octanol–water partition coefficient (Wildman–Crippen LogP) is 2.46. The lowest BCUT2D eigenvalue weighted by Crippen LogP contribution is -2.35. The van der Waals surface area contributed by atoms with Crippen LogP contribution in [0.1, 0.15) is 36.8 Å². The molecule has 2 N–H and O–H groups in total. The minimum Gasteiger partial charge on any atom is -0.396 e. The van der Waals surface area contributed by atoms with Gasteiger partial charge >= 0.3 is 0 Å². The molecule has 1 aliphatic heterocycles. The molecule has 0 spiro atoms. The van der Waals surface area contributed by atoms with Gasteiger partial charge in [0.25, 0.3) is 0 Å². The van der Waals surface area contributed by atoms with Gasteiger partial charge in [0.1, 0.15) is 0 Å². The van der Waals surface area contributed by atoms with Gasteiger partial charge in [-0.25, -0.2) is 0 Å². The van der Waals surface area contributed by atoms with Crippen LogP contribution in [0.2, 0.25) is 0 Å². The molecule has 1 heterocycles. The Morgan fingerprint density at radius 3 is 2.60 bits per heavy atom. The van der Waals surface area contributed by atoms with Crippen molar-refractivity contribution in [2.45, 2.75) is 45.2 Å². The lowest BCUT2D eigenvalue weighted by molar-refractivity contribution is 0.203. The average molecular weight is 274 g/mol. The first-order chi connectivity index (χ1) is 9.76. The quantitative estimate of drug-likeness (QED) is 0.866. The highest BCUT2D eigenvalue weighted by Crippen LogP contribution is 2.28. The Hall–Kier alpha value is -1.06. The molecule has 1 saturated carbocycles. The maximum Gasteiger partial charge on any atom is 0.0460 e. The molecule has 0 atom stereocenters. The third-order valence-electron chi connectivity index (χ3n) is 4.61. The second-order valence-electron chi connectivity index (χ2n) is 6.40. The van der Waals surface area contributed by atoms with Gasteiger partial charge in [-0.2, -0.15) is 0 Å². The van der Waals surface area contributed by atoms with E-state index in [1.54, 1.807) is 0 Å². The molecule has 20 heavy (non-hydrogen) atoms. The van der Waals surface area contributed by atoms with E-state index in [-0.39, 0.29) is 0 Å². The molecule has 0 aromatic heterocycles. The first-order valence-corrected chi connectivity index (χ1v) is 7.95. The van der Waals surface area contributed by atoms with E-state index in [1.165, 1.54) is 29.7 Å². The zero-order valence-electron chi connectivity index (χ0n) is 12.4. The van der Waals surface area contributed by atoms with Crippen LogP contribution in [0.3, 0.4) is 0 Å². The summed E-state index contributed by atoms with van der Waals surface area (Å²) in [7, 11) is 0. The number of nitrogens with zero attached hydrogens (tertiary/aromatic N) is 1. The minimum atomic E-state index is 0.345. The molecule has 1 saturated heterocycles. The fourth-order valence-corrected chi connectivity index (χ4v) is 3.06. The largest absolute Gasteiger partial charge is 0.396 e. The molecule has 3 heteroatoms. The Balaban J connectivity index is 1.70. The van der Waals surface area contributed by atoms with E-state index in [2.05, 4.69) is 35.3 Å². The zero-order chi connectivity index (χ0) is 13.9. The van der Waals surface area contributed by atoms with Gasteiger partial charge in [-0.1, -0.05) is 17.7 Å². The van der Waals surface area contributed by atoms with Gasteiger partial charge < -0.3 is 15.3 Å². The molecule has 2 fully saturated rings. The van der Waals surface area contributed by atoms with Crippen molar-refractivity contribution in [2.24, 2.45) is 5.92 Å². The van der Waals surface area contributed by atoms with Crippen LogP contribution in [-0.4, -0.2) is 30.8 Å². The Bertz CT molecular complexity index is 448. The summed E-state index contributed by atoms with van der Waals surface area (Å²) < 4.78 is 0. The number of anilines is 1. The van der Waals surface area contributed by atoms with Crippen LogP contribution in [0, 0.1) is 12.8 Å². The Labute approximate surface area is 122 Å². The van der Waals surface area contributed by atoms with Gasteiger partial charge in [0, 0.05) is 38.0 Å². The standard InChI is InChI=1S/C17H26N2O/c1-13-2-5-17(15(10-13)11-18-16-3-4-16)19-8-6-14(12-20)7-9-19/h2,5,10,14,16,18,20H,3-4,6-9,11-12H2,1H3. The molecular formula is C17H26N2O. The van der Waals surface area contributed by atoms with Gasteiger partial charge in [-0.3, -0.25) is 0 Å². The summed E-state index contributed by atoms with van der Waals surface area (Å²) in [4.78, 5) is 2.50. The van der Waals surface area contributed by atoms with Crippen LogP contribution < -0.4 is 10.2 Å². The fraction of sp³-hybridized carbons (Fsp3) is 0.647. The summed E-state index contributed by atoms with van der Waals surface area (Å²) >= 11 is 0. The van der Waals surface area contributed by atoms with Crippen LogP contribution in [0.15, 0.2) is 18.2 Å². The van der Waals surface area contributed by atoms with E-state index in [9.17, 15) is 5.11 Å². The van der Waals surface area contributed by atoms with Gasteiger partial charge in [0.2, 0.25) is 0 Å². The second-order valence-corrected chi connectivity index (χ2v) is 6.40. The SMILES string of the molecule is Cc1ccc(N2CCC(CO)CC2)c(CNC2CC2)c1. The molecule has 3 rings (SSSR count). The van der Waals surface area contributed by atoms with E-state index in [1.807, 2.05) is 0 Å². The summed E-state index contributed by atoms with van der Waals surface area (Å²) in [5, 5.41) is 12.9. The number of hydrogen-bond acceptors (Lipinski definition) is 3. The number of piperidine rings is 1. The van der Waals surface area contributed by atoms with Crippen LogP contribution >= 0.6 is 0 Å². The number of nitrogens with one attached hydrogen (secondary N) is 1. The van der Waals surface area contributed by atoms with Crippen LogP contribution in [0.4, 0.5) is 5.69 Å². The van der Waals surface area contributed by atoms with Crippen molar-refractivity contribution in [3.05, 3.63) is 29.3 Å². The van der Waals surface area contributed by atoms with Gasteiger partial charge in [0.05, 0.1) is 0 Å². The number of benzene rings is 1. The minimum absolute atomic E-state index is 0.345. The third-order valence-corrected chi connectivity index (χ3v) is 4.61. The first-order valence-electron chi connectivity index (χ1n) is 7.95. The van der Waals surface area contributed by atoms with E-state index in [0.717, 1.165) is 38.5 Å². The topological polar surface area (TPSA) is 35.5 Å². The number of hydrogen-bond donors (Lipinski definition) is 2. The van der Waals surface area contributed by atoms with E-state index >= 15 is 0 Å². The summed E-state index contributed by atoms with van der Waals surface area (Å²) in [5.74, 6) is 0.504. The van der Waals surface area contributed by atoms with Crippen molar-refractivity contribution in [2.75, 3.05) is 24.6 Å². The Morgan fingerprint density at radius 2 is 1.95 bits per heavy atom. The highest BCUT2D eigenvalue weighted by molar-refractivity contribution is 5.55. The van der Waals surface area contributed by atoms with Gasteiger partial charge in [0.15, 0.2) is 0 Å². The average Bonchev–Trinajstić information content (AvgIpc) is 3.30. The zero-order valence-corrected chi connectivity index (χ0v) is 12.4. The predicted molar refractivity (Wildman–Crippen MR) is 83.1 cm³/mol. The number of rotatable bonds is 5. The molecule has 0 amide bonds. The number of aliphatic hydroxyl groups excluding tert-OH is 1. The first kappa shape index (κ1) is 13.9. The summed E-state index contributed by atoms with van der Waals surface area (Å²) in [6.45, 7) is 5.65. The van der Waals surface area contributed by atoms with Crippen molar-refractivity contribution < 1.29 is 5.11 Å². The summed E-state index contributed by atoms with van der Waals surface area (Å²) in [5.41, 5.74) is 4.16. The smallest absolute Gasteiger partial charge is 0.0460 e. The van der Waals surface area contributed by atoms with Crippen LogP contribution in [-0.2, 0) is 6.54 Å². The lowest BCUT2D eigenvalue weighted by atomic mass is 9.96. The van der Waals surface area contributed by atoms with E-state index in [0.29, 0.717) is 12.5 Å². The van der Waals surface area contributed by atoms with Crippen molar-refractivity contribution in [3.63, 3.8) is 0 Å². The Kier molecular flexibility index (Phi) is 4.27. The molecule has 0 unspecified atom stereocenters.